The lowest BCUT2D eigenvalue weighted by Gasteiger charge is -2.01. The molecule has 0 bridgehead atoms. The smallest absolute Gasteiger partial charge is 0.290 e. The van der Waals surface area contributed by atoms with Crippen molar-refractivity contribution in [2.45, 2.75) is 0 Å². The lowest BCUT2D eigenvalue weighted by molar-refractivity contribution is -0.115. The van der Waals surface area contributed by atoms with Gasteiger partial charge in [0.25, 0.3) is 11.1 Å². The fourth-order valence-corrected chi connectivity index (χ4v) is 3.40. The van der Waals surface area contributed by atoms with Gasteiger partial charge in [0.1, 0.15) is 11.3 Å². The summed E-state index contributed by atoms with van der Waals surface area (Å²) in [7, 11) is 0. The molecular weight excluding hydrogens is 394 g/mol. The zero-order valence-corrected chi connectivity index (χ0v) is 14.3. The largest absolute Gasteiger partial charge is 0.456 e. The second-order valence-corrected chi connectivity index (χ2v) is 6.93. The van der Waals surface area contributed by atoms with Gasteiger partial charge < -0.3 is 4.42 Å². The number of halogens is 1. The van der Waals surface area contributed by atoms with Crippen molar-refractivity contribution < 1.29 is 14.0 Å². The van der Waals surface area contributed by atoms with Crippen molar-refractivity contribution in [2.75, 3.05) is 0 Å². The third-order valence-electron chi connectivity index (χ3n) is 3.37. The van der Waals surface area contributed by atoms with Gasteiger partial charge >= 0.3 is 0 Å². The minimum absolute atomic E-state index is 0.303. The summed E-state index contributed by atoms with van der Waals surface area (Å²) in [6.45, 7) is 0. The highest BCUT2D eigenvalue weighted by Gasteiger charge is 2.25. The Hall–Kier alpha value is -2.45. The van der Waals surface area contributed by atoms with Crippen LogP contribution in [-0.2, 0) is 4.79 Å². The average Bonchev–Trinajstić information content (AvgIpc) is 3.09. The van der Waals surface area contributed by atoms with E-state index in [0.29, 0.717) is 16.2 Å². The molecule has 3 aromatic rings. The minimum atomic E-state index is -0.417. The van der Waals surface area contributed by atoms with Crippen LogP contribution in [0.2, 0.25) is 0 Å². The summed E-state index contributed by atoms with van der Waals surface area (Å²) in [4.78, 5) is 31.6. The first-order valence-corrected chi connectivity index (χ1v) is 8.44. The van der Waals surface area contributed by atoms with Crippen LogP contribution in [0.3, 0.4) is 0 Å². The molecule has 1 aliphatic rings. The molecule has 1 N–H and O–H groups in total. The number of hydrogen-bond donors (Lipinski definition) is 1. The van der Waals surface area contributed by atoms with Crippen LogP contribution in [0.4, 0.5) is 4.79 Å². The molecule has 8 heteroatoms. The topological polar surface area (TPSA) is 85.1 Å². The SMILES string of the molecule is O=C1NC(=O)C(=Cc2cc3cncc(-c4cncc(Br)c4)c3o2)S1. The van der Waals surface area contributed by atoms with Crippen molar-refractivity contribution in [3.8, 4) is 11.1 Å². The molecule has 2 amide bonds. The molecule has 0 atom stereocenters. The predicted molar refractivity (Wildman–Crippen MR) is 94.0 cm³/mol. The van der Waals surface area contributed by atoms with E-state index in [2.05, 4.69) is 31.2 Å². The highest BCUT2D eigenvalue weighted by molar-refractivity contribution is 9.10. The van der Waals surface area contributed by atoms with Crippen molar-refractivity contribution in [1.82, 2.24) is 15.3 Å². The molecule has 1 fully saturated rings. The van der Waals surface area contributed by atoms with Crippen LogP contribution < -0.4 is 5.32 Å². The number of fused-ring (bicyclic) bond motifs is 1. The molecule has 24 heavy (non-hydrogen) atoms. The predicted octanol–water partition coefficient (Wildman–Crippen LogP) is 3.98. The van der Waals surface area contributed by atoms with Crippen molar-refractivity contribution in [1.29, 1.82) is 0 Å². The van der Waals surface area contributed by atoms with Crippen molar-refractivity contribution in [3.05, 3.63) is 52.1 Å². The van der Waals surface area contributed by atoms with Gasteiger partial charge in [0, 0.05) is 51.8 Å². The standard InChI is InChI=1S/C16H8BrN3O3S/c17-10-1-8(4-18-6-10)12-7-19-5-9-2-11(23-14(9)12)3-13-15(21)20-16(22)24-13/h1-7H,(H,20,21,22). The van der Waals surface area contributed by atoms with Gasteiger partial charge in [-0.1, -0.05) is 0 Å². The quantitative estimate of drug-likeness (QED) is 0.653. The third-order valence-corrected chi connectivity index (χ3v) is 4.62. The van der Waals surface area contributed by atoms with E-state index in [1.807, 2.05) is 6.07 Å². The Morgan fingerprint density at radius 2 is 1.96 bits per heavy atom. The number of furan rings is 1. The number of carbonyl (C=O) groups is 2. The number of hydrogen-bond acceptors (Lipinski definition) is 6. The maximum atomic E-state index is 11.6. The Morgan fingerprint density at radius 1 is 1.12 bits per heavy atom. The Bertz CT molecular complexity index is 1030. The van der Waals surface area contributed by atoms with Gasteiger partial charge in [0.15, 0.2) is 0 Å². The van der Waals surface area contributed by atoms with E-state index < -0.39 is 5.91 Å². The van der Waals surface area contributed by atoms with Crippen molar-refractivity contribution in [2.24, 2.45) is 0 Å². The zero-order chi connectivity index (χ0) is 16.7. The number of aromatic nitrogens is 2. The molecule has 4 heterocycles. The Balaban J connectivity index is 1.82. The van der Waals surface area contributed by atoms with Gasteiger partial charge in [-0.25, -0.2) is 0 Å². The summed E-state index contributed by atoms with van der Waals surface area (Å²) >= 11 is 4.25. The van der Waals surface area contributed by atoms with Crippen LogP contribution in [-0.4, -0.2) is 21.1 Å². The van der Waals surface area contributed by atoms with Crippen molar-refractivity contribution >= 4 is 55.9 Å². The molecule has 0 saturated carbocycles. The number of imide groups is 1. The maximum Gasteiger partial charge on any atom is 0.290 e. The van der Waals surface area contributed by atoms with Gasteiger partial charge in [-0.15, -0.1) is 0 Å². The Kier molecular flexibility index (Phi) is 3.70. The first kappa shape index (κ1) is 15.1. The van der Waals surface area contributed by atoms with Crippen LogP contribution in [0.15, 0.2) is 50.7 Å². The molecule has 0 unspecified atom stereocenters. The van der Waals surface area contributed by atoms with E-state index in [4.69, 9.17) is 4.42 Å². The van der Waals surface area contributed by atoms with Gasteiger partial charge in [-0.3, -0.25) is 24.9 Å². The van der Waals surface area contributed by atoms with Crippen LogP contribution in [0, 0.1) is 0 Å². The Morgan fingerprint density at radius 3 is 2.71 bits per heavy atom. The summed E-state index contributed by atoms with van der Waals surface area (Å²) in [5, 5.41) is 2.63. The van der Waals surface area contributed by atoms with Crippen molar-refractivity contribution in [3.63, 3.8) is 0 Å². The maximum absolute atomic E-state index is 11.6. The highest BCUT2D eigenvalue weighted by atomic mass is 79.9. The van der Waals surface area contributed by atoms with E-state index in [0.717, 1.165) is 32.7 Å². The molecular formula is C16H8BrN3O3S. The summed E-state index contributed by atoms with van der Waals surface area (Å²) in [6.07, 6.45) is 8.35. The molecule has 4 rings (SSSR count). The molecule has 118 valence electrons. The van der Waals surface area contributed by atoms with Crippen LogP contribution in [0.1, 0.15) is 5.76 Å². The summed E-state index contributed by atoms with van der Waals surface area (Å²) in [5.74, 6) is 0.0644. The number of nitrogens with one attached hydrogen (secondary N) is 1. The second kappa shape index (κ2) is 5.88. The molecule has 0 spiro atoms. The highest BCUT2D eigenvalue weighted by Crippen LogP contribution is 2.33. The van der Waals surface area contributed by atoms with Gasteiger partial charge in [0.05, 0.1) is 4.91 Å². The minimum Gasteiger partial charge on any atom is -0.456 e. The number of pyridine rings is 2. The van der Waals surface area contributed by atoms with Crippen LogP contribution in [0.25, 0.3) is 28.2 Å². The second-order valence-electron chi connectivity index (χ2n) is 5.00. The van der Waals surface area contributed by atoms with Crippen LogP contribution >= 0.6 is 27.7 Å². The van der Waals surface area contributed by atoms with E-state index in [1.54, 1.807) is 36.9 Å². The number of nitrogens with zero attached hydrogens (tertiary/aromatic N) is 2. The average molecular weight is 402 g/mol. The van der Waals surface area contributed by atoms with E-state index in [1.165, 1.54) is 0 Å². The molecule has 0 aliphatic carbocycles. The van der Waals surface area contributed by atoms with Gasteiger partial charge in [-0.2, -0.15) is 0 Å². The van der Waals surface area contributed by atoms with E-state index in [-0.39, 0.29) is 5.24 Å². The van der Waals surface area contributed by atoms with E-state index >= 15 is 0 Å². The fraction of sp³-hybridized carbons (Fsp3) is 0. The normalized spacial score (nSPS) is 16.1. The number of amides is 2. The zero-order valence-electron chi connectivity index (χ0n) is 11.9. The summed E-state index contributed by atoms with van der Waals surface area (Å²) in [5.41, 5.74) is 2.30. The summed E-state index contributed by atoms with van der Waals surface area (Å²) in [6, 6.07) is 3.70. The molecule has 1 aliphatic heterocycles. The molecule has 6 nitrogen and oxygen atoms in total. The molecule has 0 radical (unpaired) electrons. The third kappa shape index (κ3) is 2.74. The number of rotatable bonds is 2. The molecule has 3 aromatic heterocycles. The summed E-state index contributed by atoms with van der Waals surface area (Å²) < 4.78 is 6.73. The number of carbonyl (C=O) groups excluding carboxylic acids is 2. The first-order valence-electron chi connectivity index (χ1n) is 6.83. The lowest BCUT2D eigenvalue weighted by Crippen LogP contribution is -2.17. The first-order chi connectivity index (χ1) is 11.6. The monoisotopic (exact) mass is 401 g/mol. The lowest BCUT2D eigenvalue weighted by atomic mass is 10.1. The van der Waals surface area contributed by atoms with Crippen LogP contribution in [0.5, 0.6) is 0 Å². The Labute approximate surface area is 148 Å². The molecule has 1 saturated heterocycles. The number of thioether (sulfide) groups is 1. The van der Waals surface area contributed by atoms with Gasteiger partial charge in [-0.05, 0) is 39.8 Å². The molecule has 0 aromatic carbocycles. The van der Waals surface area contributed by atoms with Gasteiger partial charge in [0.2, 0.25) is 0 Å². The fourth-order valence-electron chi connectivity index (χ4n) is 2.37. The van der Waals surface area contributed by atoms with E-state index in [9.17, 15) is 9.59 Å².